The Labute approximate surface area is 99.4 Å². The average molecular weight is 275 g/mol. The van der Waals surface area contributed by atoms with Crippen LogP contribution in [-0.4, -0.2) is 64.3 Å². The molecule has 2 nitrogen and oxygen atoms in total. The van der Waals surface area contributed by atoms with Crippen molar-refractivity contribution in [1.82, 2.24) is 9.80 Å². The van der Waals surface area contributed by atoms with E-state index in [4.69, 9.17) is 0 Å². The van der Waals surface area contributed by atoms with E-state index in [0.717, 1.165) is 0 Å². The Morgan fingerprint density at radius 2 is 1.07 bits per heavy atom. The fourth-order valence-electron chi connectivity index (χ4n) is 1.87. The fourth-order valence-corrected chi connectivity index (χ4v) is 7.08. The molecular formula is C12H30GeN2. The van der Waals surface area contributed by atoms with Crippen LogP contribution in [0, 0.1) is 0 Å². The molecule has 0 aromatic heterocycles. The number of hydrogen-bond acceptors (Lipinski definition) is 2. The van der Waals surface area contributed by atoms with Crippen LogP contribution < -0.4 is 0 Å². The van der Waals surface area contributed by atoms with Gasteiger partial charge in [0.2, 0.25) is 0 Å². The second-order valence-electron chi connectivity index (χ2n) is 5.98. The third-order valence-corrected chi connectivity index (χ3v) is 10.1. The van der Waals surface area contributed by atoms with Gasteiger partial charge in [0.05, 0.1) is 0 Å². The molecule has 0 radical (unpaired) electrons. The van der Waals surface area contributed by atoms with Gasteiger partial charge in [-0.15, -0.1) is 0 Å². The van der Waals surface area contributed by atoms with Crippen LogP contribution in [0.15, 0.2) is 0 Å². The first-order valence-electron chi connectivity index (χ1n) is 6.13. The van der Waals surface area contributed by atoms with Gasteiger partial charge in [0.25, 0.3) is 0 Å². The topological polar surface area (TPSA) is 6.48 Å². The second kappa shape index (κ2) is 7.69. The van der Waals surface area contributed by atoms with Crippen molar-refractivity contribution >= 4 is 13.3 Å². The summed E-state index contributed by atoms with van der Waals surface area (Å²) in [6, 6.07) is 0. The van der Waals surface area contributed by atoms with Crippen molar-refractivity contribution in [3.63, 3.8) is 0 Å². The van der Waals surface area contributed by atoms with Crippen molar-refractivity contribution in [3.8, 4) is 0 Å². The Morgan fingerprint density at radius 1 is 0.733 bits per heavy atom. The fraction of sp³-hybridized carbons (Fsp3) is 1.00. The third kappa shape index (κ3) is 10.7. The van der Waals surface area contributed by atoms with E-state index < -0.39 is 13.3 Å². The summed E-state index contributed by atoms with van der Waals surface area (Å²) in [5, 5.41) is 3.07. The van der Waals surface area contributed by atoms with E-state index in [0.29, 0.717) is 0 Å². The Kier molecular flexibility index (Phi) is 7.93. The van der Waals surface area contributed by atoms with Crippen molar-refractivity contribution in [3.05, 3.63) is 0 Å². The number of rotatable bonds is 8. The van der Waals surface area contributed by atoms with Crippen molar-refractivity contribution < 1.29 is 0 Å². The SMILES string of the molecule is CN(C)CC[CH2][Ge]([CH3])([CH3])[CH2]CCN(C)C. The van der Waals surface area contributed by atoms with Crippen LogP contribution in [0.2, 0.25) is 22.0 Å². The van der Waals surface area contributed by atoms with Crippen molar-refractivity contribution in [2.45, 2.75) is 34.9 Å². The zero-order valence-corrected chi connectivity index (χ0v) is 13.7. The molecule has 0 bridgehead atoms. The Hall–Kier alpha value is 0.463. The summed E-state index contributed by atoms with van der Waals surface area (Å²) in [4.78, 5) is 4.61. The molecular weight excluding hydrogens is 245 g/mol. The Balaban J connectivity index is 3.57. The number of nitrogens with zero attached hydrogens (tertiary/aromatic N) is 2. The first-order valence-corrected chi connectivity index (χ1v) is 13.3. The van der Waals surface area contributed by atoms with Gasteiger partial charge in [0.1, 0.15) is 0 Å². The molecule has 0 aromatic rings. The molecule has 0 spiro atoms. The molecule has 0 saturated heterocycles. The van der Waals surface area contributed by atoms with Gasteiger partial charge in [-0.3, -0.25) is 0 Å². The van der Waals surface area contributed by atoms with Crippen molar-refractivity contribution in [1.29, 1.82) is 0 Å². The van der Waals surface area contributed by atoms with Crippen LogP contribution in [0.4, 0.5) is 0 Å². The quantitative estimate of drug-likeness (QED) is 0.628. The van der Waals surface area contributed by atoms with E-state index in [2.05, 4.69) is 49.5 Å². The molecule has 0 saturated carbocycles. The van der Waals surface area contributed by atoms with E-state index in [1.807, 2.05) is 0 Å². The molecule has 0 aliphatic heterocycles. The molecule has 0 unspecified atom stereocenters. The summed E-state index contributed by atoms with van der Waals surface area (Å²) in [5.41, 5.74) is 0. The van der Waals surface area contributed by atoms with E-state index in [9.17, 15) is 0 Å². The van der Waals surface area contributed by atoms with Crippen LogP contribution in [0.1, 0.15) is 12.8 Å². The van der Waals surface area contributed by atoms with Gasteiger partial charge in [-0.05, 0) is 0 Å². The van der Waals surface area contributed by atoms with Gasteiger partial charge in [0.15, 0.2) is 0 Å². The van der Waals surface area contributed by atoms with Crippen molar-refractivity contribution in [2.24, 2.45) is 0 Å². The predicted octanol–water partition coefficient (Wildman–Crippen LogP) is 2.60. The molecule has 0 rings (SSSR count). The molecule has 3 heteroatoms. The molecule has 0 aliphatic carbocycles. The molecule has 15 heavy (non-hydrogen) atoms. The summed E-state index contributed by atoms with van der Waals surface area (Å²) >= 11 is -1.38. The van der Waals surface area contributed by atoms with Gasteiger partial charge < -0.3 is 0 Å². The second-order valence-corrected chi connectivity index (χ2v) is 17.2. The maximum atomic E-state index is 2.59. The molecule has 0 aromatic carbocycles. The molecule has 0 atom stereocenters. The van der Waals surface area contributed by atoms with E-state index in [1.165, 1.54) is 36.4 Å². The Bertz CT molecular complexity index is 140. The first kappa shape index (κ1) is 15.5. The minimum atomic E-state index is -1.38. The van der Waals surface area contributed by atoms with Crippen LogP contribution in [0.25, 0.3) is 0 Å². The van der Waals surface area contributed by atoms with Gasteiger partial charge in [-0.25, -0.2) is 0 Å². The molecule has 0 N–H and O–H groups in total. The molecule has 92 valence electrons. The first-order chi connectivity index (χ1) is 6.83. The standard InChI is InChI=1S/C12H30GeN2/c1-13(2,9-7-11-14(3)4)10-8-12-15(5)6/h7-12H2,1-6H3. The van der Waals surface area contributed by atoms with Crippen LogP contribution in [0.3, 0.4) is 0 Å². The number of hydrogen-bond donors (Lipinski definition) is 0. The monoisotopic (exact) mass is 276 g/mol. The van der Waals surface area contributed by atoms with Crippen LogP contribution in [-0.2, 0) is 0 Å². The van der Waals surface area contributed by atoms with Crippen LogP contribution >= 0.6 is 0 Å². The van der Waals surface area contributed by atoms with E-state index in [1.54, 1.807) is 0 Å². The zero-order chi connectivity index (χ0) is 11.9. The Morgan fingerprint density at radius 3 is 1.33 bits per heavy atom. The maximum absolute atomic E-state index is 2.59. The third-order valence-electron chi connectivity index (χ3n) is 2.92. The molecule has 0 heterocycles. The normalized spacial score (nSPS) is 12.8. The molecule has 0 aliphatic rings. The van der Waals surface area contributed by atoms with E-state index >= 15 is 0 Å². The summed E-state index contributed by atoms with van der Waals surface area (Å²) in [6.45, 7) is 2.53. The molecule has 0 amide bonds. The minimum absolute atomic E-state index is 1.27. The van der Waals surface area contributed by atoms with Gasteiger partial charge in [0, 0.05) is 0 Å². The summed E-state index contributed by atoms with van der Waals surface area (Å²) in [6.07, 6.45) is 2.81. The average Bonchev–Trinajstić information content (AvgIpc) is 2.01. The van der Waals surface area contributed by atoms with Crippen molar-refractivity contribution in [2.75, 3.05) is 41.3 Å². The summed E-state index contributed by atoms with van der Waals surface area (Å²) in [7, 11) is 8.69. The van der Waals surface area contributed by atoms with E-state index in [-0.39, 0.29) is 0 Å². The summed E-state index contributed by atoms with van der Waals surface area (Å²) in [5.74, 6) is 5.18. The molecule has 0 fully saturated rings. The zero-order valence-electron chi connectivity index (χ0n) is 11.6. The predicted molar refractivity (Wildman–Crippen MR) is 73.4 cm³/mol. The van der Waals surface area contributed by atoms with Crippen LogP contribution in [0.5, 0.6) is 0 Å². The van der Waals surface area contributed by atoms with Gasteiger partial charge in [-0.2, -0.15) is 0 Å². The summed E-state index contributed by atoms with van der Waals surface area (Å²) < 4.78 is 0. The van der Waals surface area contributed by atoms with Gasteiger partial charge >= 0.3 is 99.2 Å². The van der Waals surface area contributed by atoms with Gasteiger partial charge in [-0.1, -0.05) is 0 Å².